The van der Waals surface area contributed by atoms with Crippen LogP contribution >= 0.6 is 23.8 Å². The lowest BCUT2D eigenvalue weighted by atomic mass is 10.1. The summed E-state index contributed by atoms with van der Waals surface area (Å²) in [5, 5.41) is 6.64. The number of amides is 1. The Kier molecular flexibility index (Phi) is 9.64. The number of halogens is 1. The summed E-state index contributed by atoms with van der Waals surface area (Å²) in [5.74, 6) is 0.363. The zero-order valence-electron chi connectivity index (χ0n) is 13.8. The summed E-state index contributed by atoms with van der Waals surface area (Å²) in [6.07, 6.45) is 5.97. The number of carbonyl (C=O) groups is 1. The molecule has 0 aliphatic carbocycles. The molecule has 1 aromatic carbocycles. The SMILES string of the molecule is CCCCCCCNC(=S)NC(=O)COc1ccc(Cl)cc1C. The monoisotopic (exact) mass is 356 g/mol. The van der Waals surface area contributed by atoms with Gasteiger partial charge in [0.05, 0.1) is 0 Å². The van der Waals surface area contributed by atoms with Crippen molar-refractivity contribution < 1.29 is 9.53 Å². The highest BCUT2D eigenvalue weighted by molar-refractivity contribution is 7.80. The molecular weight excluding hydrogens is 332 g/mol. The molecule has 0 heterocycles. The van der Waals surface area contributed by atoms with Gasteiger partial charge in [0.1, 0.15) is 5.75 Å². The van der Waals surface area contributed by atoms with Crippen LogP contribution in [0.4, 0.5) is 0 Å². The molecule has 0 aliphatic heterocycles. The maximum atomic E-state index is 11.8. The highest BCUT2D eigenvalue weighted by Gasteiger charge is 2.07. The summed E-state index contributed by atoms with van der Waals surface area (Å²) < 4.78 is 5.47. The molecule has 2 N–H and O–H groups in total. The number of rotatable bonds is 9. The van der Waals surface area contributed by atoms with Crippen LogP contribution in [-0.4, -0.2) is 24.2 Å². The molecular formula is C17H25ClN2O2S. The summed E-state index contributed by atoms with van der Waals surface area (Å²) in [5.41, 5.74) is 0.887. The van der Waals surface area contributed by atoms with Crippen molar-refractivity contribution in [3.05, 3.63) is 28.8 Å². The average Bonchev–Trinajstić information content (AvgIpc) is 2.50. The Morgan fingerprint density at radius 3 is 2.70 bits per heavy atom. The topological polar surface area (TPSA) is 50.4 Å². The molecule has 0 aliphatic rings. The standard InChI is InChI=1S/C17H25ClN2O2S/c1-3-4-5-6-7-10-19-17(23)20-16(21)12-22-15-9-8-14(18)11-13(15)2/h8-9,11H,3-7,10,12H2,1-2H3,(H2,19,20,21,23). The lowest BCUT2D eigenvalue weighted by Gasteiger charge is -2.11. The van der Waals surface area contributed by atoms with Crippen LogP contribution in [0.5, 0.6) is 5.75 Å². The van der Waals surface area contributed by atoms with Gasteiger partial charge in [0.15, 0.2) is 11.7 Å². The van der Waals surface area contributed by atoms with E-state index < -0.39 is 0 Å². The summed E-state index contributed by atoms with van der Waals surface area (Å²) >= 11 is 11.0. The minimum Gasteiger partial charge on any atom is -0.483 e. The fourth-order valence-electron chi connectivity index (χ4n) is 2.06. The first-order chi connectivity index (χ1) is 11.0. The van der Waals surface area contributed by atoms with Gasteiger partial charge in [-0.15, -0.1) is 0 Å². The predicted octanol–water partition coefficient (Wildman–Crippen LogP) is 3.99. The van der Waals surface area contributed by atoms with Crippen LogP contribution in [0, 0.1) is 6.92 Å². The van der Waals surface area contributed by atoms with E-state index in [0.717, 1.165) is 18.5 Å². The first-order valence-corrected chi connectivity index (χ1v) is 8.78. The van der Waals surface area contributed by atoms with Crippen LogP contribution in [0.3, 0.4) is 0 Å². The number of aryl methyl sites for hydroxylation is 1. The van der Waals surface area contributed by atoms with E-state index in [4.69, 9.17) is 28.6 Å². The minimum absolute atomic E-state index is 0.0825. The van der Waals surface area contributed by atoms with Crippen molar-refractivity contribution in [2.24, 2.45) is 0 Å². The van der Waals surface area contributed by atoms with E-state index in [1.807, 2.05) is 6.92 Å². The van der Waals surface area contributed by atoms with Gasteiger partial charge >= 0.3 is 0 Å². The Bertz CT molecular complexity index is 523. The second-order valence-electron chi connectivity index (χ2n) is 5.42. The highest BCUT2D eigenvalue weighted by atomic mass is 35.5. The quantitative estimate of drug-likeness (QED) is 0.519. The van der Waals surface area contributed by atoms with Gasteiger partial charge in [0.2, 0.25) is 0 Å². The molecule has 0 atom stereocenters. The Labute approximate surface area is 148 Å². The molecule has 0 unspecified atom stereocenters. The Hall–Kier alpha value is -1.33. The number of nitrogens with one attached hydrogen (secondary N) is 2. The fraction of sp³-hybridized carbons (Fsp3) is 0.529. The molecule has 1 amide bonds. The van der Waals surface area contributed by atoms with Gasteiger partial charge in [-0.1, -0.05) is 44.2 Å². The van der Waals surface area contributed by atoms with E-state index in [0.29, 0.717) is 15.9 Å². The number of thiocarbonyl (C=S) groups is 1. The van der Waals surface area contributed by atoms with Crippen LogP contribution in [-0.2, 0) is 4.79 Å². The Morgan fingerprint density at radius 1 is 1.26 bits per heavy atom. The van der Waals surface area contributed by atoms with E-state index in [-0.39, 0.29) is 12.5 Å². The van der Waals surface area contributed by atoms with Gasteiger partial charge in [-0.05, 0) is 49.3 Å². The van der Waals surface area contributed by atoms with Gasteiger partial charge in [0.25, 0.3) is 5.91 Å². The van der Waals surface area contributed by atoms with Crippen molar-refractivity contribution in [3.8, 4) is 5.75 Å². The third kappa shape index (κ3) is 8.77. The van der Waals surface area contributed by atoms with Gasteiger partial charge in [0, 0.05) is 11.6 Å². The number of hydrogen-bond acceptors (Lipinski definition) is 3. The second-order valence-corrected chi connectivity index (χ2v) is 6.26. The molecule has 0 saturated heterocycles. The minimum atomic E-state index is -0.275. The summed E-state index contributed by atoms with van der Waals surface area (Å²) in [7, 11) is 0. The maximum Gasteiger partial charge on any atom is 0.264 e. The van der Waals surface area contributed by atoms with E-state index in [1.165, 1.54) is 25.7 Å². The molecule has 6 heteroatoms. The molecule has 1 aromatic rings. The molecule has 0 bridgehead atoms. The fourth-order valence-corrected chi connectivity index (χ4v) is 2.50. The molecule has 4 nitrogen and oxygen atoms in total. The first-order valence-electron chi connectivity index (χ1n) is 7.99. The molecule has 0 saturated carbocycles. The van der Waals surface area contributed by atoms with Gasteiger partial charge in [-0.3, -0.25) is 4.79 Å². The van der Waals surface area contributed by atoms with Crippen molar-refractivity contribution in [3.63, 3.8) is 0 Å². The molecule has 23 heavy (non-hydrogen) atoms. The Balaban J connectivity index is 2.19. The lowest BCUT2D eigenvalue weighted by molar-refractivity contribution is -0.121. The van der Waals surface area contributed by atoms with Crippen LogP contribution in [0.1, 0.15) is 44.6 Å². The summed E-state index contributed by atoms with van der Waals surface area (Å²) in [6, 6.07) is 5.27. The van der Waals surface area contributed by atoms with E-state index in [1.54, 1.807) is 18.2 Å². The zero-order chi connectivity index (χ0) is 17.1. The number of ether oxygens (including phenoxy) is 1. The van der Waals surface area contributed by atoms with Gasteiger partial charge < -0.3 is 15.4 Å². The molecule has 0 radical (unpaired) electrons. The number of carbonyl (C=O) groups excluding carboxylic acids is 1. The summed E-state index contributed by atoms with van der Waals surface area (Å²) in [4.78, 5) is 11.8. The third-order valence-electron chi connectivity index (χ3n) is 3.31. The van der Waals surface area contributed by atoms with Crippen LogP contribution < -0.4 is 15.4 Å². The average molecular weight is 357 g/mol. The maximum absolute atomic E-state index is 11.8. The van der Waals surface area contributed by atoms with Crippen LogP contribution in [0.15, 0.2) is 18.2 Å². The van der Waals surface area contributed by atoms with Crippen LogP contribution in [0.2, 0.25) is 5.02 Å². The number of benzene rings is 1. The van der Waals surface area contributed by atoms with Crippen LogP contribution in [0.25, 0.3) is 0 Å². The van der Waals surface area contributed by atoms with Crippen molar-refractivity contribution >= 4 is 34.8 Å². The molecule has 0 spiro atoms. The third-order valence-corrected chi connectivity index (χ3v) is 3.80. The summed E-state index contributed by atoms with van der Waals surface area (Å²) in [6.45, 7) is 4.77. The molecule has 0 fully saturated rings. The van der Waals surface area contributed by atoms with Gasteiger partial charge in [-0.2, -0.15) is 0 Å². The molecule has 128 valence electrons. The van der Waals surface area contributed by atoms with Crippen molar-refractivity contribution in [2.45, 2.75) is 46.0 Å². The predicted molar refractivity (Wildman–Crippen MR) is 99.2 cm³/mol. The smallest absolute Gasteiger partial charge is 0.264 e. The molecule has 0 aromatic heterocycles. The molecule has 1 rings (SSSR count). The largest absolute Gasteiger partial charge is 0.483 e. The first kappa shape index (κ1) is 19.7. The van der Waals surface area contributed by atoms with Crippen molar-refractivity contribution in [1.29, 1.82) is 0 Å². The highest BCUT2D eigenvalue weighted by Crippen LogP contribution is 2.21. The van der Waals surface area contributed by atoms with Gasteiger partial charge in [-0.25, -0.2) is 0 Å². The van der Waals surface area contributed by atoms with E-state index >= 15 is 0 Å². The van der Waals surface area contributed by atoms with Crippen molar-refractivity contribution in [1.82, 2.24) is 10.6 Å². The normalized spacial score (nSPS) is 10.2. The lowest BCUT2D eigenvalue weighted by Crippen LogP contribution is -2.41. The number of unbranched alkanes of at least 4 members (excludes halogenated alkanes) is 4. The van der Waals surface area contributed by atoms with E-state index in [2.05, 4.69) is 17.6 Å². The van der Waals surface area contributed by atoms with Crippen molar-refractivity contribution in [2.75, 3.05) is 13.2 Å². The second kappa shape index (κ2) is 11.2. The van der Waals surface area contributed by atoms with E-state index in [9.17, 15) is 4.79 Å². The Morgan fingerprint density at radius 2 is 2.00 bits per heavy atom. The number of hydrogen-bond donors (Lipinski definition) is 2. The zero-order valence-corrected chi connectivity index (χ0v) is 15.4.